The highest BCUT2D eigenvalue weighted by molar-refractivity contribution is 6.41. The van der Waals surface area contributed by atoms with E-state index in [0.717, 1.165) is 11.1 Å². The van der Waals surface area contributed by atoms with Crippen LogP contribution < -0.4 is 10.9 Å². The molecule has 0 saturated heterocycles. The van der Waals surface area contributed by atoms with Gasteiger partial charge in [0.25, 0.3) is 5.56 Å². The van der Waals surface area contributed by atoms with E-state index < -0.39 is 5.56 Å². The molecule has 5 nitrogen and oxygen atoms in total. The first-order chi connectivity index (χ1) is 8.26. The Labute approximate surface area is 115 Å². The van der Waals surface area contributed by atoms with Crippen LogP contribution in [0.15, 0.2) is 11.0 Å². The van der Waals surface area contributed by atoms with Gasteiger partial charge in [-0.2, -0.15) is 5.10 Å². The zero-order valence-corrected chi connectivity index (χ0v) is 12.0. The van der Waals surface area contributed by atoms with Crippen LogP contribution in [0.25, 0.3) is 0 Å². The van der Waals surface area contributed by atoms with Crippen LogP contribution >= 0.6 is 23.2 Å². The predicted molar refractivity (Wildman–Crippen MR) is 71.0 cm³/mol. The van der Waals surface area contributed by atoms with E-state index in [2.05, 4.69) is 10.4 Å². The average Bonchev–Trinajstić information content (AvgIpc) is 2.29. The van der Waals surface area contributed by atoms with E-state index in [4.69, 9.17) is 23.2 Å². The van der Waals surface area contributed by atoms with Gasteiger partial charge in [0.2, 0.25) is 5.91 Å². The average molecular weight is 292 g/mol. The minimum Gasteiger partial charge on any atom is -0.350 e. The van der Waals surface area contributed by atoms with Gasteiger partial charge in [0.05, 0.1) is 11.2 Å². The Balaban J connectivity index is 2.84. The van der Waals surface area contributed by atoms with Gasteiger partial charge in [-0.05, 0) is 20.3 Å². The molecular formula is C11H15Cl2N3O2. The van der Waals surface area contributed by atoms with Crippen LogP contribution in [0.1, 0.15) is 27.2 Å². The van der Waals surface area contributed by atoms with Crippen molar-refractivity contribution in [2.75, 3.05) is 0 Å². The molecule has 0 atom stereocenters. The second-order valence-corrected chi connectivity index (χ2v) is 5.34. The number of hydrogen-bond donors (Lipinski definition) is 1. The van der Waals surface area contributed by atoms with Crippen molar-refractivity contribution in [3.63, 3.8) is 0 Å². The zero-order chi connectivity index (χ0) is 13.9. The summed E-state index contributed by atoms with van der Waals surface area (Å²) in [6.45, 7) is 5.58. The quantitative estimate of drug-likeness (QED) is 0.921. The maximum Gasteiger partial charge on any atom is 0.287 e. The highest BCUT2D eigenvalue weighted by atomic mass is 35.5. The minimum atomic E-state index is -0.575. The van der Waals surface area contributed by atoms with Crippen molar-refractivity contribution in [1.82, 2.24) is 15.1 Å². The Bertz CT molecular complexity index is 512. The molecule has 0 aliphatic heterocycles. The molecular weight excluding hydrogens is 277 g/mol. The third-order valence-electron chi connectivity index (χ3n) is 2.60. The number of hydrogen-bond acceptors (Lipinski definition) is 3. The largest absolute Gasteiger partial charge is 0.350 e. The number of carbonyl (C=O) groups is 1. The molecule has 1 aromatic rings. The van der Waals surface area contributed by atoms with Crippen LogP contribution in [0, 0.1) is 0 Å². The molecule has 1 heterocycles. The lowest BCUT2D eigenvalue weighted by Crippen LogP contribution is -2.45. The number of halogens is 2. The molecule has 0 radical (unpaired) electrons. The molecule has 0 aliphatic rings. The van der Waals surface area contributed by atoms with Crippen LogP contribution in [0.2, 0.25) is 10.0 Å². The molecule has 0 spiro atoms. The normalized spacial score (nSPS) is 11.4. The summed E-state index contributed by atoms with van der Waals surface area (Å²) in [5.74, 6) is -0.296. The fourth-order valence-corrected chi connectivity index (χ4v) is 1.47. The smallest absolute Gasteiger partial charge is 0.287 e. The lowest BCUT2D eigenvalue weighted by Gasteiger charge is -2.24. The van der Waals surface area contributed by atoms with Gasteiger partial charge >= 0.3 is 0 Å². The molecule has 1 rings (SSSR count). The fraction of sp³-hybridized carbons (Fsp3) is 0.545. The molecule has 1 amide bonds. The maximum atomic E-state index is 11.7. The summed E-state index contributed by atoms with van der Waals surface area (Å²) in [5.41, 5.74) is -0.898. The molecule has 18 heavy (non-hydrogen) atoms. The van der Waals surface area contributed by atoms with E-state index in [0.29, 0.717) is 0 Å². The number of carbonyl (C=O) groups excluding carboxylic acids is 1. The van der Waals surface area contributed by atoms with Crippen molar-refractivity contribution >= 4 is 29.1 Å². The standard InChI is InChI=1S/C11H15Cl2N3O2/c1-4-11(2,3)15-8(17)6-16-10(18)9(13)7(12)5-14-16/h5H,4,6H2,1-3H3,(H,15,17). The summed E-state index contributed by atoms with van der Waals surface area (Å²) in [6.07, 6.45) is 2.02. The molecule has 0 fully saturated rings. The molecule has 0 aromatic carbocycles. The summed E-state index contributed by atoms with van der Waals surface area (Å²) in [4.78, 5) is 23.4. The van der Waals surface area contributed by atoms with E-state index in [-0.39, 0.29) is 28.0 Å². The highest BCUT2D eigenvalue weighted by Gasteiger charge is 2.19. The Morgan fingerprint density at radius 2 is 2.11 bits per heavy atom. The first kappa shape index (κ1) is 15.0. The zero-order valence-electron chi connectivity index (χ0n) is 10.5. The third kappa shape index (κ3) is 3.71. The summed E-state index contributed by atoms with van der Waals surface area (Å²) in [5, 5.41) is 6.51. The van der Waals surface area contributed by atoms with Crippen LogP contribution in [-0.2, 0) is 11.3 Å². The summed E-state index contributed by atoms with van der Waals surface area (Å²) >= 11 is 11.3. The Kier molecular flexibility index (Phi) is 4.76. The lowest BCUT2D eigenvalue weighted by atomic mass is 10.0. The summed E-state index contributed by atoms with van der Waals surface area (Å²) in [6, 6.07) is 0. The summed E-state index contributed by atoms with van der Waals surface area (Å²) < 4.78 is 0.981. The first-order valence-electron chi connectivity index (χ1n) is 5.49. The van der Waals surface area contributed by atoms with Crippen LogP contribution in [0.5, 0.6) is 0 Å². The maximum absolute atomic E-state index is 11.7. The number of amides is 1. The van der Waals surface area contributed by atoms with Gasteiger partial charge in [-0.1, -0.05) is 30.1 Å². The molecule has 0 bridgehead atoms. The molecule has 0 saturated carbocycles. The Hall–Kier alpha value is -1.07. The van der Waals surface area contributed by atoms with Crippen molar-refractivity contribution in [3.8, 4) is 0 Å². The van der Waals surface area contributed by atoms with E-state index in [9.17, 15) is 9.59 Å². The Morgan fingerprint density at radius 1 is 1.50 bits per heavy atom. The van der Waals surface area contributed by atoms with Gasteiger partial charge in [-0.15, -0.1) is 0 Å². The van der Waals surface area contributed by atoms with Crippen molar-refractivity contribution in [1.29, 1.82) is 0 Å². The number of aromatic nitrogens is 2. The molecule has 7 heteroatoms. The van der Waals surface area contributed by atoms with E-state index in [1.54, 1.807) is 0 Å². The van der Waals surface area contributed by atoms with E-state index >= 15 is 0 Å². The number of nitrogens with one attached hydrogen (secondary N) is 1. The number of nitrogens with zero attached hydrogens (tertiary/aromatic N) is 2. The van der Waals surface area contributed by atoms with Gasteiger partial charge in [-0.3, -0.25) is 9.59 Å². The van der Waals surface area contributed by atoms with Gasteiger partial charge < -0.3 is 5.32 Å². The van der Waals surface area contributed by atoms with Gasteiger partial charge in [0.1, 0.15) is 11.6 Å². The number of rotatable bonds is 4. The van der Waals surface area contributed by atoms with Crippen LogP contribution in [-0.4, -0.2) is 21.2 Å². The van der Waals surface area contributed by atoms with Crippen molar-refractivity contribution in [3.05, 3.63) is 26.6 Å². The molecule has 1 N–H and O–H groups in total. The Morgan fingerprint density at radius 3 is 2.67 bits per heavy atom. The van der Waals surface area contributed by atoms with Gasteiger partial charge in [0.15, 0.2) is 0 Å². The second-order valence-electron chi connectivity index (χ2n) is 4.55. The molecule has 0 aliphatic carbocycles. The van der Waals surface area contributed by atoms with Crippen LogP contribution in [0.3, 0.4) is 0 Å². The van der Waals surface area contributed by atoms with Crippen molar-refractivity contribution in [2.45, 2.75) is 39.3 Å². The molecule has 0 unspecified atom stereocenters. The highest BCUT2D eigenvalue weighted by Crippen LogP contribution is 2.14. The second kappa shape index (κ2) is 5.71. The third-order valence-corrected chi connectivity index (χ3v) is 3.35. The van der Waals surface area contributed by atoms with E-state index in [1.807, 2.05) is 20.8 Å². The van der Waals surface area contributed by atoms with Gasteiger partial charge in [0, 0.05) is 5.54 Å². The summed E-state index contributed by atoms with van der Waals surface area (Å²) in [7, 11) is 0. The molecule has 100 valence electrons. The fourth-order valence-electron chi connectivity index (χ4n) is 1.20. The SMILES string of the molecule is CCC(C)(C)NC(=O)Cn1ncc(Cl)c(Cl)c1=O. The topological polar surface area (TPSA) is 64.0 Å². The van der Waals surface area contributed by atoms with Crippen LogP contribution in [0.4, 0.5) is 0 Å². The van der Waals surface area contributed by atoms with Crippen molar-refractivity contribution < 1.29 is 4.79 Å². The minimum absolute atomic E-state index is 0.0761. The van der Waals surface area contributed by atoms with E-state index in [1.165, 1.54) is 6.20 Å². The first-order valence-corrected chi connectivity index (χ1v) is 6.24. The van der Waals surface area contributed by atoms with Crippen molar-refractivity contribution in [2.24, 2.45) is 0 Å². The van der Waals surface area contributed by atoms with Gasteiger partial charge in [-0.25, -0.2) is 4.68 Å². The monoisotopic (exact) mass is 291 g/mol. The molecule has 1 aromatic heterocycles. The predicted octanol–water partition coefficient (Wildman–Crippen LogP) is 1.85. The lowest BCUT2D eigenvalue weighted by molar-refractivity contribution is -0.123.